The molecule has 0 unspecified atom stereocenters. The summed E-state index contributed by atoms with van der Waals surface area (Å²) in [7, 11) is 0. The fraction of sp³-hybridized carbons (Fsp3) is 0.650. The van der Waals surface area contributed by atoms with Gasteiger partial charge in [-0.2, -0.15) is 5.10 Å². The van der Waals surface area contributed by atoms with Crippen LogP contribution in [0.4, 0.5) is 19.4 Å². The normalized spacial score (nSPS) is 29.4. The molecule has 2 aromatic rings. The molecule has 0 bridgehead atoms. The van der Waals surface area contributed by atoms with E-state index < -0.39 is 47.9 Å². The standard InChI is InChI=1S/C20H26F2N4O6/c1-18(2,16(21)22)32-17(27)28-8-20(5)14-13(29-19(3,4)31-14)12(30-20)10-6-7-11-15(23)24-9-25-26(10)11/h6-7,9,12-14,16H,8H2,1-5H3,(H2,23,24,25)/t12-,13-,14-,20+/m0/s1. The molecule has 2 fully saturated rings. The molecule has 10 nitrogen and oxygen atoms in total. The molecule has 2 N–H and O–H groups in total. The van der Waals surface area contributed by atoms with Gasteiger partial charge in [-0.3, -0.25) is 0 Å². The summed E-state index contributed by atoms with van der Waals surface area (Å²) in [5, 5.41) is 4.25. The molecule has 0 spiro atoms. The molecule has 4 heterocycles. The summed E-state index contributed by atoms with van der Waals surface area (Å²) >= 11 is 0. The first-order valence-electron chi connectivity index (χ1n) is 10.1. The van der Waals surface area contributed by atoms with Gasteiger partial charge in [0.25, 0.3) is 6.43 Å². The average molecular weight is 456 g/mol. The monoisotopic (exact) mass is 456 g/mol. The van der Waals surface area contributed by atoms with Crippen LogP contribution >= 0.6 is 0 Å². The second-order valence-electron chi connectivity index (χ2n) is 9.12. The van der Waals surface area contributed by atoms with E-state index in [2.05, 4.69) is 10.1 Å². The van der Waals surface area contributed by atoms with E-state index in [-0.39, 0.29) is 6.61 Å². The first-order chi connectivity index (χ1) is 14.8. The molecule has 176 valence electrons. The van der Waals surface area contributed by atoms with Crippen LogP contribution in [-0.2, 0) is 23.7 Å². The van der Waals surface area contributed by atoms with Gasteiger partial charge in [-0.15, -0.1) is 0 Å². The molecule has 12 heteroatoms. The number of rotatable bonds is 5. The Morgan fingerprint density at radius 3 is 2.69 bits per heavy atom. The topological polar surface area (TPSA) is 119 Å². The minimum absolute atomic E-state index is 0.303. The summed E-state index contributed by atoms with van der Waals surface area (Å²) in [5.74, 6) is -0.613. The van der Waals surface area contributed by atoms with E-state index >= 15 is 0 Å². The maximum absolute atomic E-state index is 13.0. The molecule has 2 aromatic heterocycles. The Morgan fingerprint density at radius 1 is 1.28 bits per heavy atom. The Morgan fingerprint density at radius 2 is 2.00 bits per heavy atom. The van der Waals surface area contributed by atoms with E-state index in [4.69, 9.17) is 29.4 Å². The number of alkyl halides is 2. The van der Waals surface area contributed by atoms with E-state index in [1.807, 2.05) is 0 Å². The zero-order valence-electron chi connectivity index (χ0n) is 18.4. The molecule has 0 aliphatic carbocycles. The Kier molecular flexibility index (Phi) is 5.30. The fourth-order valence-electron chi connectivity index (χ4n) is 3.93. The Labute approximate surface area is 182 Å². The van der Waals surface area contributed by atoms with Gasteiger partial charge in [-0.1, -0.05) is 0 Å². The van der Waals surface area contributed by atoms with E-state index in [0.29, 0.717) is 17.0 Å². The SMILES string of the molecule is CC1(C)O[C@H]2[C@H](c3ccc4c(N)ncnn34)O[C@](C)(COC(=O)OC(C)(C)C(F)F)[C@H]2O1. The van der Waals surface area contributed by atoms with E-state index in [0.717, 1.165) is 13.8 Å². The summed E-state index contributed by atoms with van der Waals surface area (Å²) in [4.78, 5) is 16.0. The van der Waals surface area contributed by atoms with E-state index in [9.17, 15) is 13.6 Å². The van der Waals surface area contributed by atoms with Crippen molar-refractivity contribution in [2.75, 3.05) is 12.3 Å². The van der Waals surface area contributed by atoms with Crippen molar-refractivity contribution in [3.05, 3.63) is 24.2 Å². The summed E-state index contributed by atoms with van der Waals surface area (Å²) in [6.45, 7) is 7.11. The quantitative estimate of drug-likeness (QED) is 0.677. The largest absolute Gasteiger partial charge is 0.509 e. The fourth-order valence-corrected chi connectivity index (χ4v) is 3.93. The third-order valence-corrected chi connectivity index (χ3v) is 5.58. The number of nitrogen functional groups attached to an aromatic ring is 1. The minimum atomic E-state index is -2.87. The number of nitrogens with zero attached hydrogens (tertiary/aromatic N) is 3. The van der Waals surface area contributed by atoms with Crippen molar-refractivity contribution in [3.8, 4) is 0 Å². The molecule has 2 aliphatic heterocycles. The van der Waals surface area contributed by atoms with Gasteiger partial charge < -0.3 is 29.4 Å². The van der Waals surface area contributed by atoms with Crippen LogP contribution in [0.25, 0.3) is 5.52 Å². The van der Waals surface area contributed by atoms with Crippen LogP contribution in [0.5, 0.6) is 0 Å². The van der Waals surface area contributed by atoms with Crippen molar-refractivity contribution in [1.29, 1.82) is 0 Å². The number of halogens is 2. The van der Waals surface area contributed by atoms with Gasteiger partial charge in [-0.05, 0) is 46.8 Å². The minimum Gasteiger partial charge on any atom is -0.431 e. The number of hydrogen-bond acceptors (Lipinski definition) is 9. The molecular weight excluding hydrogens is 430 g/mol. The zero-order chi connectivity index (χ0) is 23.5. The van der Waals surface area contributed by atoms with E-state index in [1.54, 1.807) is 37.4 Å². The van der Waals surface area contributed by atoms with Crippen molar-refractivity contribution in [2.24, 2.45) is 0 Å². The first kappa shape index (κ1) is 22.6. The number of carbonyl (C=O) groups is 1. The van der Waals surface area contributed by atoms with Gasteiger partial charge in [0.05, 0.1) is 5.69 Å². The van der Waals surface area contributed by atoms with Crippen LogP contribution in [-0.4, -0.2) is 63.0 Å². The highest BCUT2D eigenvalue weighted by atomic mass is 19.3. The number of aromatic nitrogens is 3. The van der Waals surface area contributed by atoms with Crippen molar-refractivity contribution in [1.82, 2.24) is 14.6 Å². The van der Waals surface area contributed by atoms with Crippen molar-refractivity contribution in [3.63, 3.8) is 0 Å². The number of ether oxygens (including phenoxy) is 5. The third kappa shape index (κ3) is 3.86. The van der Waals surface area contributed by atoms with Crippen LogP contribution in [0.3, 0.4) is 0 Å². The maximum Gasteiger partial charge on any atom is 0.509 e. The maximum atomic E-state index is 13.0. The van der Waals surface area contributed by atoms with Crippen LogP contribution in [0.2, 0.25) is 0 Å². The lowest BCUT2D eigenvalue weighted by Gasteiger charge is -2.31. The molecule has 0 aromatic carbocycles. The van der Waals surface area contributed by atoms with Crippen molar-refractivity contribution >= 4 is 17.5 Å². The van der Waals surface area contributed by atoms with Crippen LogP contribution < -0.4 is 5.73 Å². The van der Waals surface area contributed by atoms with Gasteiger partial charge in [0.1, 0.15) is 42.4 Å². The predicted octanol–water partition coefficient (Wildman–Crippen LogP) is 2.86. The molecule has 0 radical (unpaired) electrons. The molecule has 4 atom stereocenters. The molecule has 32 heavy (non-hydrogen) atoms. The number of fused-ring (bicyclic) bond motifs is 2. The van der Waals surface area contributed by atoms with Gasteiger partial charge in [0.2, 0.25) is 0 Å². The lowest BCUT2D eigenvalue weighted by atomic mass is 9.97. The summed E-state index contributed by atoms with van der Waals surface area (Å²) < 4.78 is 55.9. The molecular formula is C20H26F2N4O6. The van der Waals surface area contributed by atoms with Gasteiger partial charge >= 0.3 is 6.16 Å². The lowest BCUT2D eigenvalue weighted by Crippen LogP contribution is -2.45. The first-order valence-corrected chi connectivity index (χ1v) is 10.1. The summed E-state index contributed by atoms with van der Waals surface area (Å²) in [6, 6.07) is 3.56. The van der Waals surface area contributed by atoms with Crippen molar-refractivity contribution < 1.29 is 37.3 Å². The highest BCUT2D eigenvalue weighted by Gasteiger charge is 2.62. The summed E-state index contributed by atoms with van der Waals surface area (Å²) in [6.07, 6.45) is -4.58. The third-order valence-electron chi connectivity index (χ3n) is 5.58. The second-order valence-corrected chi connectivity index (χ2v) is 9.12. The Balaban J connectivity index is 1.58. The predicted molar refractivity (Wildman–Crippen MR) is 106 cm³/mol. The van der Waals surface area contributed by atoms with Gasteiger partial charge in [0, 0.05) is 0 Å². The lowest BCUT2D eigenvalue weighted by molar-refractivity contribution is -0.215. The Bertz CT molecular complexity index is 1030. The van der Waals surface area contributed by atoms with Crippen LogP contribution in [0.15, 0.2) is 18.5 Å². The number of hydrogen-bond donors (Lipinski definition) is 1. The number of anilines is 1. The van der Waals surface area contributed by atoms with Gasteiger partial charge in [-0.25, -0.2) is 23.1 Å². The van der Waals surface area contributed by atoms with Gasteiger partial charge in [0.15, 0.2) is 17.2 Å². The molecule has 2 saturated heterocycles. The second kappa shape index (κ2) is 7.49. The molecule has 4 rings (SSSR count). The average Bonchev–Trinajstić information content (AvgIpc) is 3.32. The molecule has 0 saturated carbocycles. The number of nitrogens with two attached hydrogens (primary N) is 1. The number of carbonyl (C=O) groups excluding carboxylic acids is 1. The molecule has 0 amide bonds. The highest BCUT2D eigenvalue weighted by Crippen LogP contribution is 2.50. The smallest absolute Gasteiger partial charge is 0.431 e. The van der Waals surface area contributed by atoms with Crippen LogP contribution in [0.1, 0.15) is 46.4 Å². The van der Waals surface area contributed by atoms with Crippen molar-refractivity contribution in [2.45, 2.75) is 76.3 Å². The summed E-state index contributed by atoms with van der Waals surface area (Å²) in [5.41, 5.74) is 4.04. The highest BCUT2D eigenvalue weighted by molar-refractivity contribution is 5.65. The van der Waals surface area contributed by atoms with E-state index in [1.165, 1.54) is 6.33 Å². The molecule has 2 aliphatic rings. The Hall–Kier alpha value is -2.57. The van der Waals surface area contributed by atoms with Crippen LogP contribution in [0, 0.1) is 0 Å². The zero-order valence-corrected chi connectivity index (χ0v) is 18.4.